The van der Waals surface area contributed by atoms with Crippen molar-refractivity contribution >= 4 is 11.9 Å². The molecule has 2 aliphatic carbocycles. The Morgan fingerprint density at radius 2 is 1.96 bits per heavy atom. The Kier molecular flexibility index (Phi) is 5.24. The molecule has 0 amide bonds. The van der Waals surface area contributed by atoms with E-state index in [1.165, 1.54) is 6.92 Å². The molecule has 27 heavy (non-hydrogen) atoms. The van der Waals surface area contributed by atoms with Gasteiger partial charge in [-0.3, -0.25) is 4.79 Å². The number of allylic oxidation sites excluding steroid dienone is 1. The third kappa shape index (κ3) is 3.21. The van der Waals surface area contributed by atoms with E-state index in [1.807, 2.05) is 13.8 Å². The van der Waals surface area contributed by atoms with Crippen molar-refractivity contribution in [3.05, 3.63) is 34.8 Å². The summed E-state index contributed by atoms with van der Waals surface area (Å²) >= 11 is 0. The number of ether oxygens (including phenoxy) is 2. The van der Waals surface area contributed by atoms with Crippen molar-refractivity contribution in [2.24, 2.45) is 17.3 Å². The molecule has 0 saturated heterocycles. The zero-order valence-corrected chi connectivity index (χ0v) is 17.1. The zero-order valence-electron chi connectivity index (χ0n) is 17.1. The van der Waals surface area contributed by atoms with Crippen molar-refractivity contribution in [2.45, 2.75) is 73.0 Å². The van der Waals surface area contributed by atoms with Crippen molar-refractivity contribution in [1.29, 1.82) is 0 Å². The first-order chi connectivity index (χ1) is 12.7. The van der Waals surface area contributed by atoms with Crippen molar-refractivity contribution in [2.75, 3.05) is 0 Å². The van der Waals surface area contributed by atoms with Crippen LogP contribution in [0.15, 0.2) is 22.3 Å². The summed E-state index contributed by atoms with van der Waals surface area (Å²) in [4.78, 5) is 24.3. The standard InChI is InChI=1S/C22H30O5/c1-7-12(2)21(24)27-17-9-8-16-10-18-19(13(3)11-25-18)20(26-15(5)23)22(16,6)14(17)4/h7,11,14,16-17,20H,8-10H2,1-6H3/t14-,16-,17-,20+,22+/m0/s1. The number of aryl methyl sites for hydroxylation is 1. The van der Waals surface area contributed by atoms with Crippen LogP contribution in [-0.2, 0) is 25.5 Å². The first-order valence-electron chi connectivity index (χ1n) is 9.78. The van der Waals surface area contributed by atoms with Crippen molar-refractivity contribution in [1.82, 2.24) is 0 Å². The highest BCUT2D eigenvalue weighted by molar-refractivity contribution is 5.87. The summed E-state index contributed by atoms with van der Waals surface area (Å²) in [6, 6.07) is 0. The van der Waals surface area contributed by atoms with Gasteiger partial charge in [-0.2, -0.15) is 0 Å². The molecule has 0 bridgehead atoms. The molecule has 0 aromatic carbocycles. The van der Waals surface area contributed by atoms with Crippen LogP contribution in [0.3, 0.4) is 0 Å². The highest BCUT2D eigenvalue weighted by Crippen LogP contribution is 2.60. The lowest BCUT2D eigenvalue weighted by Gasteiger charge is -2.54. The summed E-state index contributed by atoms with van der Waals surface area (Å²) in [5.41, 5.74) is 2.29. The van der Waals surface area contributed by atoms with E-state index in [9.17, 15) is 9.59 Å². The van der Waals surface area contributed by atoms with Crippen LogP contribution in [0, 0.1) is 24.2 Å². The van der Waals surface area contributed by atoms with Crippen LogP contribution in [-0.4, -0.2) is 18.0 Å². The first kappa shape index (κ1) is 19.7. The first-order valence-corrected chi connectivity index (χ1v) is 9.78. The van der Waals surface area contributed by atoms with E-state index in [2.05, 4.69) is 13.8 Å². The minimum atomic E-state index is -0.387. The lowest BCUT2D eigenvalue weighted by atomic mass is 9.53. The fourth-order valence-corrected chi connectivity index (χ4v) is 4.89. The second kappa shape index (κ2) is 7.17. The van der Waals surface area contributed by atoms with Crippen molar-refractivity contribution in [3.63, 3.8) is 0 Å². The van der Waals surface area contributed by atoms with Crippen molar-refractivity contribution in [3.8, 4) is 0 Å². The predicted molar refractivity (Wildman–Crippen MR) is 101 cm³/mol. The number of fused-ring (bicyclic) bond motifs is 2. The van der Waals surface area contributed by atoms with Gasteiger partial charge in [-0.15, -0.1) is 0 Å². The molecule has 0 radical (unpaired) electrons. The van der Waals surface area contributed by atoms with E-state index in [0.29, 0.717) is 11.5 Å². The molecule has 1 aromatic rings. The van der Waals surface area contributed by atoms with E-state index in [-0.39, 0.29) is 35.5 Å². The van der Waals surface area contributed by atoms with Gasteiger partial charge in [-0.05, 0) is 45.1 Å². The summed E-state index contributed by atoms with van der Waals surface area (Å²) in [5, 5.41) is 0. The van der Waals surface area contributed by atoms with Crippen LogP contribution in [0.5, 0.6) is 0 Å². The number of hydrogen-bond donors (Lipinski definition) is 0. The predicted octanol–water partition coefficient (Wildman–Crippen LogP) is 4.68. The van der Waals surface area contributed by atoms with Gasteiger partial charge in [0, 0.05) is 35.8 Å². The number of carbonyl (C=O) groups is 2. The Hall–Kier alpha value is -2.04. The fourth-order valence-electron chi connectivity index (χ4n) is 4.89. The minimum Gasteiger partial charge on any atom is -0.469 e. The Labute approximate surface area is 161 Å². The molecule has 0 spiro atoms. The quantitative estimate of drug-likeness (QED) is 0.568. The van der Waals surface area contributed by atoms with Gasteiger partial charge in [-0.25, -0.2) is 4.79 Å². The van der Waals surface area contributed by atoms with Gasteiger partial charge in [0.25, 0.3) is 0 Å². The van der Waals surface area contributed by atoms with Gasteiger partial charge < -0.3 is 13.9 Å². The Bertz CT molecular complexity index is 774. The molecule has 1 heterocycles. The molecule has 5 heteroatoms. The van der Waals surface area contributed by atoms with E-state index in [0.717, 1.165) is 36.1 Å². The summed E-state index contributed by atoms with van der Waals surface area (Å²) in [6.07, 6.45) is 5.48. The lowest BCUT2D eigenvalue weighted by molar-refractivity contribution is -0.184. The van der Waals surface area contributed by atoms with Crippen LogP contribution >= 0.6 is 0 Å². The molecule has 3 rings (SSSR count). The smallest absolute Gasteiger partial charge is 0.333 e. The van der Waals surface area contributed by atoms with Gasteiger partial charge in [0.1, 0.15) is 18.0 Å². The van der Waals surface area contributed by atoms with Crippen molar-refractivity contribution < 1.29 is 23.5 Å². The maximum atomic E-state index is 12.3. The third-order valence-corrected chi connectivity index (χ3v) is 6.88. The zero-order chi connectivity index (χ0) is 19.9. The SMILES string of the molecule is CC=C(C)C(=O)O[C@H]1CC[C@H]2Cc3occ(C)c3[C@@H](OC(C)=O)[C@]2(C)[C@H]1C. The second-order valence-corrected chi connectivity index (χ2v) is 8.29. The minimum absolute atomic E-state index is 0.0525. The Balaban J connectivity index is 1.98. The highest BCUT2D eigenvalue weighted by Gasteiger charge is 2.57. The number of esters is 2. The number of carbonyl (C=O) groups excluding carboxylic acids is 2. The molecule has 1 aromatic heterocycles. The van der Waals surface area contributed by atoms with E-state index in [4.69, 9.17) is 13.9 Å². The summed E-state index contributed by atoms with van der Waals surface area (Å²) in [7, 11) is 0. The Morgan fingerprint density at radius 3 is 2.59 bits per heavy atom. The largest absolute Gasteiger partial charge is 0.469 e. The lowest BCUT2D eigenvalue weighted by Crippen LogP contribution is -2.53. The molecule has 1 fully saturated rings. The number of hydrogen-bond acceptors (Lipinski definition) is 5. The monoisotopic (exact) mass is 374 g/mol. The second-order valence-electron chi connectivity index (χ2n) is 8.29. The summed E-state index contributed by atoms with van der Waals surface area (Å²) in [6.45, 7) is 11.3. The molecule has 0 aliphatic heterocycles. The fraction of sp³-hybridized carbons (Fsp3) is 0.636. The van der Waals surface area contributed by atoms with Gasteiger partial charge in [0.2, 0.25) is 0 Å². The summed E-state index contributed by atoms with van der Waals surface area (Å²) < 4.78 is 17.5. The third-order valence-electron chi connectivity index (χ3n) is 6.88. The average molecular weight is 374 g/mol. The van der Waals surface area contributed by atoms with E-state index >= 15 is 0 Å². The van der Waals surface area contributed by atoms with E-state index in [1.54, 1.807) is 19.3 Å². The van der Waals surface area contributed by atoms with Gasteiger partial charge >= 0.3 is 11.9 Å². The van der Waals surface area contributed by atoms with Crippen LogP contribution in [0.2, 0.25) is 0 Å². The normalized spacial score (nSPS) is 33.0. The van der Waals surface area contributed by atoms with Crippen LogP contribution in [0.4, 0.5) is 0 Å². The molecule has 5 nitrogen and oxygen atoms in total. The molecule has 5 atom stereocenters. The topological polar surface area (TPSA) is 65.7 Å². The van der Waals surface area contributed by atoms with Crippen LogP contribution in [0.1, 0.15) is 70.5 Å². The Morgan fingerprint density at radius 1 is 1.26 bits per heavy atom. The number of furan rings is 1. The molecule has 0 N–H and O–H groups in total. The number of rotatable bonds is 3. The highest BCUT2D eigenvalue weighted by atomic mass is 16.6. The molecular weight excluding hydrogens is 344 g/mol. The molecule has 2 aliphatic rings. The maximum Gasteiger partial charge on any atom is 0.333 e. The maximum absolute atomic E-state index is 12.3. The molecular formula is C22H30O5. The van der Waals surface area contributed by atoms with Crippen LogP contribution in [0.25, 0.3) is 0 Å². The average Bonchev–Trinajstić information content (AvgIpc) is 2.98. The van der Waals surface area contributed by atoms with Gasteiger partial charge in [-0.1, -0.05) is 19.9 Å². The molecule has 1 saturated carbocycles. The van der Waals surface area contributed by atoms with Gasteiger partial charge in [0.05, 0.1) is 6.26 Å². The molecule has 148 valence electrons. The molecule has 0 unspecified atom stereocenters. The van der Waals surface area contributed by atoms with Gasteiger partial charge in [0.15, 0.2) is 0 Å². The summed E-state index contributed by atoms with van der Waals surface area (Å²) in [5.74, 6) is 0.721. The van der Waals surface area contributed by atoms with Crippen LogP contribution < -0.4 is 0 Å². The van der Waals surface area contributed by atoms with E-state index < -0.39 is 0 Å².